The summed E-state index contributed by atoms with van der Waals surface area (Å²) in [6.45, 7) is 10.5. The molecule has 0 unspecified atom stereocenters. The molecule has 3 aromatic carbocycles. The molecule has 0 radical (unpaired) electrons. The van der Waals surface area contributed by atoms with Crippen molar-refractivity contribution in [1.82, 2.24) is 14.7 Å². The normalized spacial score (nSPS) is 19.0. The maximum absolute atomic E-state index is 14.4. The van der Waals surface area contributed by atoms with Gasteiger partial charge in [0.1, 0.15) is 11.6 Å². The van der Waals surface area contributed by atoms with Gasteiger partial charge in [0.15, 0.2) is 0 Å². The Kier molecular flexibility index (Phi) is 10.4. The van der Waals surface area contributed by atoms with E-state index in [1.165, 1.54) is 18.2 Å². The molecule has 0 bridgehead atoms. The van der Waals surface area contributed by atoms with Crippen LogP contribution < -0.4 is 4.18 Å². The third kappa shape index (κ3) is 7.41. The molecular formula is C32H37F4N3O4S. The average molecular weight is 636 g/mol. The number of piperazine rings is 1. The lowest BCUT2D eigenvalue weighted by Crippen LogP contribution is -2.56. The van der Waals surface area contributed by atoms with Gasteiger partial charge >= 0.3 is 15.6 Å². The quantitative estimate of drug-likeness (QED) is 0.150. The molecule has 0 saturated carbocycles. The average Bonchev–Trinajstić information content (AvgIpc) is 2.97. The van der Waals surface area contributed by atoms with Crippen LogP contribution in [0.4, 0.5) is 17.6 Å². The predicted molar refractivity (Wildman–Crippen MR) is 160 cm³/mol. The summed E-state index contributed by atoms with van der Waals surface area (Å²) in [6, 6.07) is 18.7. The SMILES string of the molecule is CCN(CC)C(=O)c1ccc([C@H](c2cccc(OS(=O)(=O)C(F)(F)F)c2)N2C[C@@H](C)N(Cc3ccccc3F)C[C@@H]2C)cc1. The van der Waals surface area contributed by atoms with E-state index in [1.54, 1.807) is 41.3 Å². The first-order valence-electron chi connectivity index (χ1n) is 14.5. The lowest BCUT2D eigenvalue weighted by molar-refractivity contribution is -0.0500. The van der Waals surface area contributed by atoms with Crippen molar-refractivity contribution in [2.24, 2.45) is 0 Å². The molecule has 12 heteroatoms. The number of benzene rings is 3. The van der Waals surface area contributed by atoms with Gasteiger partial charge in [-0.05, 0) is 69.2 Å². The maximum atomic E-state index is 14.4. The van der Waals surface area contributed by atoms with Crippen molar-refractivity contribution >= 4 is 16.0 Å². The minimum absolute atomic E-state index is 0.0261. The van der Waals surface area contributed by atoms with E-state index in [9.17, 15) is 30.8 Å². The van der Waals surface area contributed by atoms with Crippen LogP contribution in [0, 0.1) is 5.82 Å². The smallest absolute Gasteiger partial charge is 0.376 e. The van der Waals surface area contributed by atoms with Gasteiger partial charge in [0.05, 0.1) is 6.04 Å². The van der Waals surface area contributed by atoms with Crippen molar-refractivity contribution in [2.45, 2.75) is 57.9 Å². The van der Waals surface area contributed by atoms with E-state index < -0.39 is 27.4 Å². The molecule has 7 nitrogen and oxygen atoms in total. The second-order valence-electron chi connectivity index (χ2n) is 11.0. The molecule has 1 amide bonds. The Labute approximate surface area is 256 Å². The van der Waals surface area contributed by atoms with Crippen molar-refractivity contribution in [1.29, 1.82) is 0 Å². The van der Waals surface area contributed by atoms with E-state index in [0.717, 1.165) is 11.6 Å². The molecule has 0 N–H and O–H groups in total. The van der Waals surface area contributed by atoms with Gasteiger partial charge in [0.2, 0.25) is 0 Å². The van der Waals surface area contributed by atoms with Crippen LogP contribution in [-0.2, 0) is 16.7 Å². The van der Waals surface area contributed by atoms with E-state index in [0.29, 0.717) is 49.4 Å². The van der Waals surface area contributed by atoms with Crippen LogP contribution >= 0.6 is 0 Å². The largest absolute Gasteiger partial charge is 0.534 e. The summed E-state index contributed by atoms with van der Waals surface area (Å²) in [5.41, 5.74) is -3.21. The summed E-state index contributed by atoms with van der Waals surface area (Å²) in [5.74, 6) is -0.857. The fraction of sp³-hybridized carbons (Fsp3) is 0.406. The molecule has 1 heterocycles. The Hall–Kier alpha value is -3.48. The number of rotatable bonds is 10. The number of carbonyl (C=O) groups excluding carboxylic acids is 1. The van der Waals surface area contributed by atoms with E-state index >= 15 is 0 Å². The van der Waals surface area contributed by atoms with Gasteiger partial charge in [-0.25, -0.2) is 4.39 Å². The van der Waals surface area contributed by atoms with Crippen molar-refractivity contribution in [3.05, 3.63) is 101 Å². The van der Waals surface area contributed by atoms with Crippen LogP contribution in [0.1, 0.15) is 60.8 Å². The second-order valence-corrected chi connectivity index (χ2v) is 12.5. The number of nitrogens with zero attached hydrogens (tertiary/aromatic N) is 3. The third-order valence-corrected chi connectivity index (χ3v) is 8.99. The fourth-order valence-corrected chi connectivity index (χ4v) is 6.09. The molecule has 44 heavy (non-hydrogen) atoms. The zero-order valence-corrected chi connectivity index (χ0v) is 25.9. The first kappa shape index (κ1) is 33.4. The number of hydrogen-bond acceptors (Lipinski definition) is 6. The van der Waals surface area contributed by atoms with Gasteiger partial charge in [-0.2, -0.15) is 21.6 Å². The Morgan fingerprint density at radius 3 is 2.20 bits per heavy atom. The van der Waals surface area contributed by atoms with Gasteiger partial charge in [0.25, 0.3) is 5.91 Å². The molecule has 0 aliphatic carbocycles. The first-order valence-corrected chi connectivity index (χ1v) is 15.9. The van der Waals surface area contributed by atoms with Crippen molar-refractivity contribution < 1.29 is 35.0 Å². The van der Waals surface area contributed by atoms with Gasteiger partial charge < -0.3 is 9.08 Å². The van der Waals surface area contributed by atoms with E-state index in [2.05, 4.69) is 14.0 Å². The Balaban J connectivity index is 1.70. The fourth-order valence-electron chi connectivity index (χ4n) is 5.64. The molecule has 1 aliphatic heterocycles. The van der Waals surface area contributed by atoms with Crippen molar-refractivity contribution in [3.63, 3.8) is 0 Å². The first-order chi connectivity index (χ1) is 20.8. The van der Waals surface area contributed by atoms with Crippen LogP contribution in [-0.4, -0.2) is 72.8 Å². The lowest BCUT2D eigenvalue weighted by atomic mass is 9.92. The number of hydrogen-bond donors (Lipinski definition) is 0. The van der Waals surface area contributed by atoms with Gasteiger partial charge in [-0.15, -0.1) is 0 Å². The number of alkyl halides is 3. The highest BCUT2D eigenvalue weighted by atomic mass is 32.2. The molecule has 0 spiro atoms. The van der Waals surface area contributed by atoms with Crippen LogP contribution in [0.25, 0.3) is 0 Å². The summed E-state index contributed by atoms with van der Waals surface area (Å²) in [4.78, 5) is 19.0. The van der Waals surface area contributed by atoms with Crippen LogP contribution in [0.5, 0.6) is 5.75 Å². The maximum Gasteiger partial charge on any atom is 0.534 e. The zero-order valence-electron chi connectivity index (χ0n) is 25.1. The molecule has 0 aromatic heterocycles. The van der Waals surface area contributed by atoms with Crippen molar-refractivity contribution in [2.75, 3.05) is 26.2 Å². The van der Waals surface area contributed by atoms with Crippen LogP contribution in [0.3, 0.4) is 0 Å². The highest BCUT2D eigenvalue weighted by Crippen LogP contribution is 2.36. The minimum Gasteiger partial charge on any atom is -0.376 e. The summed E-state index contributed by atoms with van der Waals surface area (Å²) >= 11 is 0. The monoisotopic (exact) mass is 635 g/mol. The zero-order chi connectivity index (χ0) is 32.2. The summed E-state index contributed by atoms with van der Waals surface area (Å²) in [6.07, 6.45) is 0. The standard InChI is InChI=1S/C32H37F4N3O4S/c1-5-37(6-2)31(40)25-16-14-24(15-17-25)30(26-11-9-12-28(18-26)43-44(41,42)32(34,35)36)39-20-22(3)38(19-23(39)4)21-27-10-7-8-13-29(27)33/h7-18,22-23,30H,5-6,19-21H2,1-4H3/t22-,23+,30-/m1/s1. The van der Waals surface area contributed by atoms with Crippen LogP contribution in [0.15, 0.2) is 72.8 Å². The Morgan fingerprint density at radius 1 is 0.932 bits per heavy atom. The second kappa shape index (κ2) is 13.7. The molecule has 4 rings (SSSR count). The Morgan fingerprint density at radius 2 is 1.59 bits per heavy atom. The molecule has 1 aliphatic rings. The number of carbonyl (C=O) groups is 1. The number of amides is 1. The Bertz CT molecular complexity index is 1550. The summed E-state index contributed by atoms with van der Waals surface area (Å²) < 4.78 is 81.7. The van der Waals surface area contributed by atoms with Crippen molar-refractivity contribution in [3.8, 4) is 5.75 Å². The topological polar surface area (TPSA) is 70.2 Å². The van der Waals surface area contributed by atoms with E-state index in [-0.39, 0.29) is 23.8 Å². The van der Waals surface area contributed by atoms with E-state index in [4.69, 9.17) is 0 Å². The third-order valence-electron chi connectivity index (χ3n) is 8.01. The molecule has 3 aromatic rings. The van der Waals surface area contributed by atoms with E-state index in [1.807, 2.05) is 39.8 Å². The van der Waals surface area contributed by atoms with Gasteiger partial charge in [0, 0.05) is 55.9 Å². The highest BCUT2D eigenvalue weighted by Gasteiger charge is 2.48. The van der Waals surface area contributed by atoms with Crippen LogP contribution in [0.2, 0.25) is 0 Å². The summed E-state index contributed by atoms with van der Waals surface area (Å²) in [5, 5.41) is 0. The highest BCUT2D eigenvalue weighted by molar-refractivity contribution is 7.88. The molecular weight excluding hydrogens is 598 g/mol. The summed E-state index contributed by atoms with van der Waals surface area (Å²) in [7, 11) is -5.86. The molecule has 1 fully saturated rings. The molecule has 3 atom stereocenters. The predicted octanol–water partition coefficient (Wildman–Crippen LogP) is 6.22. The minimum atomic E-state index is -5.86. The molecule has 238 valence electrons. The number of halogens is 4. The lowest BCUT2D eigenvalue weighted by Gasteiger charge is -2.47. The molecule has 1 saturated heterocycles. The van der Waals surface area contributed by atoms with Gasteiger partial charge in [-0.1, -0.05) is 42.5 Å². The van der Waals surface area contributed by atoms with Gasteiger partial charge in [-0.3, -0.25) is 14.6 Å².